The summed E-state index contributed by atoms with van der Waals surface area (Å²) in [6.45, 7) is 6.52. The van der Waals surface area contributed by atoms with Crippen LogP contribution in [0.15, 0.2) is 35.7 Å². The molecule has 0 saturated heterocycles. The van der Waals surface area contributed by atoms with Gasteiger partial charge in [0.1, 0.15) is 0 Å². The van der Waals surface area contributed by atoms with Crippen LogP contribution < -0.4 is 10.6 Å². The van der Waals surface area contributed by atoms with Crippen molar-refractivity contribution in [3.63, 3.8) is 0 Å². The van der Waals surface area contributed by atoms with E-state index in [0.717, 1.165) is 10.8 Å². The lowest BCUT2D eigenvalue weighted by atomic mass is 10.1. The molecule has 24 heavy (non-hydrogen) atoms. The van der Waals surface area contributed by atoms with Crippen LogP contribution in [0, 0.1) is 13.8 Å². The van der Waals surface area contributed by atoms with Gasteiger partial charge in [-0.25, -0.2) is 4.98 Å². The molecule has 2 aromatic rings. The molecule has 1 aromatic heterocycles. The van der Waals surface area contributed by atoms with Crippen LogP contribution in [0.1, 0.15) is 18.1 Å². The van der Waals surface area contributed by atoms with E-state index in [1.165, 1.54) is 22.9 Å². The Morgan fingerprint density at radius 1 is 1.17 bits per heavy atom. The number of hydrogen-bond donors (Lipinski definition) is 2. The summed E-state index contributed by atoms with van der Waals surface area (Å²) in [5, 5.41) is 5.97. The quantitative estimate of drug-likeness (QED) is 0.750. The van der Waals surface area contributed by atoms with Gasteiger partial charge in [0, 0.05) is 24.6 Å². The highest BCUT2D eigenvalue weighted by Crippen LogP contribution is 2.21. The van der Waals surface area contributed by atoms with Gasteiger partial charge < -0.3 is 10.6 Å². The van der Waals surface area contributed by atoms with Crippen molar-refractivity contribution in [3.05, 3.63) is 41.7 Å². The lowest BCUT2D eigenvalue weighted by molar-refractivity contribution is -0.124. The third-order valence-corrected chi connectivity index (χ3v) is 4.49. The van der Waals surface area contributed by atoms with Crippen molar-refractivity contribution < 1.29 is 9.59 Å². The van der Waals surface area contributed by atoms with Crippen LogP contribution in [0.5, 0.6) is 0 Å². The van der Waals surface area contributed by atoms with Crippen LogP contribution in [0.3, 0.4) is 0 Å². The predicted octanol–water partition coefficient (Wildman–Crippen LogP) is 1.83. The van der Waals surface area contributed by atoms with E-state index in [-0.39, 0.29) is 24.1 Å². The van der Waals surface area contributed by atoms with E-state index in [1.807, 2.05) is 23.8 Å². The highest BCUT2D eigenvalue weighted by atomic mass is 32.2. The fraction of sp³-hybridized carbons (Fsp3) is 0.353. The summed E-state index contributed by atoms with van der Waals surface area (Å²) >= 11 is 1.34. The number of rotatable bonds is 7. The van der Waals surface area contributed by atoms with E-state index >= 15 is 0 Å². The third kappa shape index (κ3) is 4.86. The molecule has 2 N–H and O–H groups in total. The average molecular weight is 346 g/mol. The summed E-state index contributed by atoms with van der Waals surface area (Å²) in [6, 6.07) is 6.19. The minimum absolute atomic E-state index is 0.00116. The second-order valence-electron chi connectivity index (χ2n) is 5.37. The van der Waals surface area contributed by atoms with Crippen molar-refractivity contribution in [1.82, 2.24) is 20.2 Å². The summed E-state index contributed by atoms with van der Waals surface area (Å²) in [6.07, 6.45) is 3.59. The van der Waals surface area contributed by atoms with E-state index in [1.54, 1.807) is 6.20 Å². The lowest BCUT2D eigenvalue weighted by Gasteiger charge is -2.10. The highest BCUT2D eigenvalue weighted by Gasteiger charge is 2.10. The molecule has 1 aromatic carbocycles. The van der Waals surface area contributed by atoms with E-state index in [2.05, 4.69) is 41.6 Å². The van der Waals surface area contributed by atoms with Gasteiger partial charge in [0.25, 0.3) is 0 Å². The molecule has 2 amide bonds. The van der Waals surface area contributed by atoms with E-state index in [4.69, 9.17) is 0 Å². The van der Waals surface area contributed by atoms with Crippen LogP contribution in [-0.2, 0) is 9.59 Å². The van der Waals surface area contributed by atoms with Gasteiger partial charge in [0.2, 0.25) is 11.8 Å². The summed E-state index contributed by atoms with van der Waals surface area (Å²) < 4.78 is 1.95. The first kappa shape index (κ1) is 18.1. The molecule has 0 aliphatic carbocycles. The largest absolute Gasteiger partial charge is 0.355 e. The molecular formula is C17H22N4O2S. The number of nitrogens with zero attached hydrogens (tertiary/aromatic N) is 2. The summed E-state index contributed by atoms with van der Waals surface area (Å²) in [4.78, 5) is 27.5. The van der Waals surface area contributed by atoms with E-state index < -0.39 is 0 Å². The maximum absolute atomic E-state index is 11.8. The molecule has 0 spiro atoms. The van der Waals surface area contributed by atoms with Gasteiger partial charge in [-0.2, -0.15) is 0 Å². The lowest BCUT2D eigenvalue weighted by Crippen LogP contribution is -2.37. The number of nitrogens with one attached hydrogen (secondary N) is 2. The maximum Gasteiger partial charge on any atom is 0.239 e. The number of imidazole rings is 1. The average Bonchev–Trinajstić information content (AvgIpc) is 3.02. The number of aromatic nitrogens is 2. The van der Waals surface area contributed by atoms with Crippen molar-refractivity contribution in [1.29, 1.82) is 0 Å². The molecule has 2 rings (SSSR count). The zero-order chi connectivity index (χ0) is 17.5. The standard InChI is InChI=1S/C17H22N4O2S/c1-4-18-15(22)10-20-16(23)11-24-17-19-7-8-21(17)14-6-5-12(2)13(3)9-14/h5-9H,4,10-11H2,1-3H3,(H,18,22)(H,20,23). The number of benzene rings is 1. The molecule has 128 valence electrons. The number of amides is 2. The van der Waals surface area contributed by atoms with Crippen LogP contribution in [-0.4, -0.2) is 40.2 Å². The van der Waals surface area contributed by atoms with Crippen molar-refractivity contribution >= 4 is 23.6 Å². The summed E-state index contributed by atoms with van der Waals surface area (Å²) in [5.41, 5.74) is 3.45. The Morgan fingerprint density at radius 2 is 1.96 bits per heavy atom. The third-order valence-electron chi connectivity index (χ3n) is 3.53. The Hall–Kier alpha value is -2.28. The number of hydrogen-bond acceptors (Lipinski definition) is 4. The van der Waals surface area contributed by atoms with Gasteiger partial charge in [-0.05, 0) is 44.0 Å². The first-order valence-electron chi connectivity index (χ1n) is 7.78. The molecule has 0 saturated carbocycles. The fourth-order valence-corrected chi connectivity index (χ4v) is 2.89. The van der Waals surface area contributed by atoms with Crippen molar-refractivity contribution in [2.24, 2.45) is 0 Å². The zero-order valence-electron chi connectivity index (χ0n) is 14.1. The van der Waals surface area contributed by atoms with Gasteiger partial charge in [-0.3, -0.25) is 14.2 Å². The fourth-order valence-electron chi connectivity index (χ4n) is 2.09. The van der Waals surface area contributed by atoms with Crippen molar-refractivity contribution in [3.8, 4) is 5.69 Å². The van der Waals surface area contributed by atoms with Gasteiger partial charge >= 0.3 is 0 Å². The van der Waals surface area contributed by atoms with Crippen LogP contribution in [0.4, 0.5) is 0 Å². The number of aryl methyl sites for hydroxylation is 2. The minimum Gasteiger partial charge on any atom is -0.355 e. The van der Waals surface area contributed by atoms with Crippen LogP contribution >= 0.6 is 11.8 Å². The van der Waals surface area contributed by atoms with E-state index in [9.17, 15) is 9.59 Å². The Kier molecular flexibility index (Phi) is 6.43. The Labute approximate surface area is 146 Å². The van der Waals surface area contributed by atoms with Gasteiger partial charge in [-0.15, -0.1) is 0 Å². The monoisotopic (exact) mass is 346 g/mol. The Morgan fingerprint density at radius 3 is 2.67 bits per heavy atom. The molecule has 0 aliphatic rings. The number of likely N-dealkylation sites (N-methyl/N-ethyl adjacent to an activating group) is 1. The van der Waals surface area contributed by atoms with Gasteiger partial charge in [0.15, 0.2) is 5.16 Å². The molecule has 0 unspecified atom stereocenters. The van der Waals surface area contributed by atoms with Gasteiger partial charge in [-0.1, -0.05) is 17.8 Å². The number of carbonyl (C=O) groups excluding carboxylic acids is 2. The van der Waals surface area contributed by atoms with E-state index in [0.29, 0.717) is 6.54 Å². The zero-order valence-corrected chi connectivity index (χ0v) is 14.9. The minimum atomic E-state index is -0.194. The number of carbonyl (C=O) groups is 2. The molecule has 0 bridgehead atoms. The van der Waals surface area contributed by atoms with Crippen LogP contribution in [0.25, 0.3) is 5.69 Å². The molecule has 7 heteroatoms. The first-order valence-corrected chi connectivity index (χ1v) is 8.77. The van der Waals surface area contributed by atoms with Gasteiger partial charge in [0.05, 0.1) is 12.3 Å². The molecule has 0 atom stereocenters. The van der Waals surface area contributed by atoms with Crippen LogP contribution in [0.2, 0.25) is 0 Å². The molecule has 0 radical (unpaired) electrons. The summed E-state index contributed by atoms with van der Waals surface area (Å²) in [5.74, 6) is -0.172. The first-order chi connectivity index (χ1) is 11.5. The van der Waals surface area contributed by atoms with Crippen molar-refractivity contribution in [2.75, 3.05) is 18.8 Å². The Balaban J connectivity index is 1.94. The normalized spacial score (nSPS) is 10.5. The Bertz CT molecular complexity index is 727. The second kappa shape index (κ2) is 8.54. The molecule has 0 fully saturated rings. The maximum atomic E-state index is 11.8. The molecular weight excluding hydrogens is 324 g/mol. The topological polar surface area (TPSA) is 76.0 Å². The smallest absolute Gasteiger partial charge is 0.239 e. The number of thioether (sulfide) groups is 1. The predicted molar refractivity (Wildman–Crippen MR) is 95.5 cm³/mol. The molecule has 0 aliphatic heterocycles. The summed E-state index contributed by atoms with van der Waals surface area (Å²) in [7, 11) is 0. The molecule has 1 heterocycles. The molecule has 6 nitrogen and oxygen atoms in total. The van der Waals surface area contributed by atoms with Crippen molar-refractivity contribution in [2.45, 2.75) is 25.9 Å². The second-order valence-corrected chi connectivity index (χ2v) is 6.31. The SMILES string of the molecule is CCNC(=O)CNC(=O)CSc1nccn1-c1ccc(C)c(C)c1. The highest BCUT2D eigenvalue weighted by molar-refractivity contribution is 7.99.